The second kappa shape index (κ2) is 6.65. The van der Waals surface area contributed by atoms with Crippen LogP contribution in [0.15, 0.2) is 18.2 Å². The zero-order valence-electron chi connectivity index (χ0n) is 12.5. The van der Waals surface area contributed by atoms with E-state index in [0.717, 1.165) is 22.0 Å². The molecule has 5 atom stereocenters. The van der Waals surface area contributed by atoms with Gasteiger partial charge in [-0.2, -0.15) is 0 Å². The summed E-state index contributed by atoms with van der Waals surface area (Å²) in [6.07, 6.45) is 1.43. The fourth-order valence-electron chi connectivity index (χ4n) is 3.35. The maximum Gasteiger partial charge on any atom is 0.0597 e. The van der Waals surface area contributed by atoms with E-state index in [1.807, 2.05) is 25.2 Å². The van der Waals surface area contributed by atoms with Crippen molar-refractivity contribution in [3.8, 4) is 0 Å². The second-order valence-electron chi connectivity index (χ2n) is 5.82. The van der Waals surface area contributed by atoms with Crippen LogP contribution in [-0.2, 0) is 11.2 Å². The summed E-state index contributed by atoms with van der Waals surface area (Å²) in [4.78, 5) is 0. The minimum Gasteiger partial charge on any atom is -0.375 e. The Kier molecular flexibility index (Phi) is 5.36. The lowest BCUT2D eigenvalue weighted by molar-refractivity contribution is 0.0479. The molecule has 0 spiro atoms. The Morgan fingerprint density at radius 2 is 1.90 bits per heavy atom. The summed E-state index contributed by atoms with van der Waals surface area (Å²) < 4.78 is 5.96. The molecule has 0 radical (unpaired) electrons. The molecule has 0 aromatic heterocycles. The molecule has 1 aromatic carbocycles. The summed E-state index contributed by atoms with van der Waals surface area (Å²) in [5.74, 6) is 1.01. The number of likely N-dealkylation sites (N-methyl/N-ethyl adjacent to an activating group) is 1. The molecule has 1 fully saturated rings. The highest BCUT2D eigenvalue weighted by molar-refractivity contribution is 6.33. The largest absolute Gasteiger partial charge is 0.375 e. The minimum atomic E-state index is 0.260. The van der Waals surface area contributed by atoms with E-state index in [-0.39, 0.29) is 6.10 Å². The molecule has 1 aromatic rings. The topological polar surface area (TPSA) is 21.3 Å². The van der Waals surface area contributed by atoms with Crippen molar-refractivity contribution in [3.63, 3.8) is 0 Å². The van der Waals surface area contributed by atoms with E-state index < -0.39 is 0 Å². The van der Waals surface area contributed by atoms with Gasteiger partial charge in [0.15, 0.2) is 0 Å². The molecule has 1 N–H and O–H groups in total. The molecule has 1 aliphatic heterocycles. The van der Waals surface area contributed by atoms with E-state index in [4.69, 9.17) is 27.9 Å². The first-order valence-corrected chi connectivity index (χ1v) is 7.96. The van der Waals surface area contributed by atoms with Gasteiger partial charge in [0.05, 0.1) is 12.2 Å². The van der Waals surface area contributed by atoms with Crippen LogP contribution in [0.3, 0.4) is 0 Å². The van der Waals surface area contributed by atoms with Gasteiger partial charge in [-0.05, 0) is 57.0 Å². The van der Waals surface area contributed by atoms with Crippen molar-refractivity contribution in [1.82, 2.24) is 5.32 Å². The molecule has 1 heterocycles. The molecule has 5 unspecified atom stereocenters. The highest BCUT2D eigenvalue weighted by Gasteiger charge is 2.41. The van der Waals surface area contributed by atoms with Crippen LogP contribution in [0.5, 0.6) is 0 Å². The van der Waals surface area contributed by atoms with E-state index in [1.54, 1.807) is 0 Å². The Balaban J connectivity index is 2.19. The molecule has 0 amide bonds. The third kappa shape index (κ3) is 3.30. The van der Waals surface area contributed by atoms with Gasteiger partial charge < -0.3 is 10.1 Å². The second-order valence-corrected chi connectivity index (χ2v) is 6.66. The normalized spacial score (nSPS) is 31.5. The number of hydrogen-bond donors (Lipinski definition) is 1. The average Bonchev–Trinajstić information content (AvgIpc) is 2.65. The van der Waals surface area contributed by atoms with E-state index in [1.165, 1.54) is 0 Å². The Morgan fingerprint density at radius 1 is 1.20 bits per heavy atom. The van der Waals surface area contributed by atoms with Gasteiger partial charge in [0.25, 0.3) is 0 Å². The van der Waals surface area contributed by atoms with E-state index in [9.17, 15) is 0 Å². The maximum atomic E-state index is 6.29. The lowest BCUT2D eigenvalue weighted by Crippen LogP contribution is -2.41. The molecular weight excluding hydrogens is 293 g/mol. The quantitative estimate of drug-likeness (QED) is 0.899. The Hall–Kier alpha value is -0.280. The lowest BCUT2D eigenvalue weighted by atomic mass is 9.81. The first-order valence-electron chi connectivity index (χ1n) is 7.20. The summed E-state index contributed by atoms with van der Waals surface area (Å²) in [5, 5.41) is 4.95. The van der Waals surface area contributed by atoms with Gasteiger partial charge in [0, 0.05) is 22.0 Å². The Bertz CT molecular complexity index is 466. The molecule has 0 saturated carbocycles. The van der Waals surface area contributed by atoms with Gasteiger partial charge in [-0.15, -0.1) is 0 Å². The highest BCUT2D eigenvalue weighted by atomic mass is 35.5. The van der Waals surface area contributed by atoms with Crippen molar-refractivity contribution in [3.05, 3.63) is 33.8 Å². The molecule has 20 heavy (non-hydrogen) atoms. The van der Waals surface area contributed by atoms with E-state index in [2.05, 4.69) is 26.1 Å². The van der Waals surface area contributed by atoms with Gasteiger partial charge in [0.1, 0.15) is 0 Å². The summed E-state index contributed by atoms with van der Waals surface area (Å²) in [6, 6.07) is 5.99. The van der Waals surface area contributed by atoms with Crippen LogP contribution in [-0.4, -0.2) is 25.3 Å². The highest BCUT2D eigenvalue weighted by Crippen LogP contribution is 2.36. The predicted octanol–water partition coefficient (Wildman–Crippen LogP) is 4.18. The summed E-state index contributed by atoms with van der Waals surface area (Å²) in [7, 11) is 2.01. The van der Waals surface area contributed by atoms with Crippen LogP contribution in [0.2, 0.25) is 10.0 Å². The SMILES string of the molecule is CNC(Cc1cc(Cl)ccc1Cl)C1C(C)OC(C)C1C. The number of nitrogens with one attached hydrogen (secondary N) is 1. The molecule has 112 valence electrons. The standard InChI is InChI=1S/C16H23Cl2NO/c1-9-10(2)20-11(3)16(9)15(19-4)8-12-7-13(17)5-6-14(12)18/h5-7,9-11,15-16,19H,8H2,1-4H3. The average molecular weight is 316 g/mol. The predicted molar refractivity (Wildman–Crippen MR) is 85.7 cm³/mol. The van der Waals surface area contributed by atoms with Gasteiger partial charge in [0.2, 0.25) is 0 Å². The van der Waals surface area contributed by atoms with Crippen LogP contribution in [0.4, 0.5) is 0 Å². The van der Waals surface area contributed by atoms with Crippen molar-refractivity contribution in [2.24, 2.45) is 11.8 Å². The Morgan fingerprint density at radius 3 is 2.45 bits per heavy atom. The van der Waals surface area contributed by atoms with Crippen LogP contribution < -0.4 is 5.32 Å². The summed E-state index contributed by atoms with van der Waals surface area (Å²) in [6.45, 7) is 6.58. The number of ether oxygens (including phenoxy) is 1. The van der Waals surface area contributed by atoms with Gasteiger partial charge in [-0.3, -0.25) is 0 Å². The van der Waals surface area contributed by atoms with Crippen LogP contribution in [0.1, 0.15) is 26.3 Å². The molecular formula is C16H23Cl2NO. The molecule has 0 bridgehead atoms. The third-order valence-electron chi connectivity index (χ3n) is 4.60. The van der Waals surface area contributed by atoms with Gasteiger partial charge >= 0.3 is 0 Å². The third-order valence-corrected chi connectivity index (χ3v) is 5.21. The molecule has 1 aliphatic rings. The van der Waals surface area contributed by atoms with Crippen LogP contribution in [0, 0.1) is 11.8 Å². The monoisotopic (exact) mass is 315 g/mol. The van der Waals surface area contributed by atoms with Crippen molar-refractivity contribution >= 4 is 23.2 Å². The molecule has 1 saturated heterocycles. The van der Waals surface area contributed by atoms with E-state index in [0.29, 0.717) is 24.0 Å². The van der Waals surface area contributed by atoms with Crippen molar-refractivity contribution in [2.45, 2.75) is 45.4 Å². The summed E-state index contributed by atoms with van der Waals surface area (Å²) >= 11 is 12.4. The summed E-state index contributed by atoms with van der Waals surface area (Å²) in [5.41, 5.74) is 1.09. The van der Waals surface area contributed by atoms with Gasteiger partial charge in [-0.1, -0.05) is 30.1 Å². The smallest absolute Gasteiger partial charge is 0.0597 e. The fourth-order valence-corrected chi connectivity index (χ4v) is 3.74. The van der Waals surface area contributed by atoms with Crippen LogP contribution >= 0.6 is 23.2 Å². The van der Waals surface area contributed by atoms with Crippen molar-refractivity contribution in [1.29, 1.82) is 0 Å². The van der Waals surface area contributed by atoms with Gasteiger partial charge in [-0.25, -0.2) is 0 Å². The van der Waals surface area contributed by atoms with E-state index >= 15 is 0 Å². The molecule has 0 aliphatic carbocycles. The zero-order valence-corrected chi connectivity index (χ0v) is 14.0. The number of rotatable bonds is 4. The first kappa shape index (κ1) is 16.1. The Labute approximate surface area is 131 Å². The molecule has 2 nitrogen and oxygen atoms in total. The minimum absolute atomic E-state index is 0.260. The fraction of sp³-hybridized carbons (Fsp3) is 0.625. The lowest BCUT2D eigenvalue weighted by Gasteiger charge is -2.29. The number of benzene rings is 1. The number of hydrogen-bond acceptors (Lipinski definition) is 2. The molecule has 2 rings (SSSR count). The van der Waals surface area contributed by atoms with Crippen molar-refractivity contribution in [2.75, 3.05) is 7.05 Å². The number of halogens is 2. The molecule has 4 heteroatoms. The maximum absolute atomic E-state index is 6.29. The zero-order chi connectivity index (χ0) is 14.9. The van der Waals surface area contributed by atoms with Crippen LogP contribution in [0.25, 0.3) is 0 Å². The first-order chi connectivity index (χ1) is 9.43. The van der Waals surface area contributed by atoms with Crippen molar-refractivity contribution < 1.29 is 4.74 Å².